The molecule has 148 valence electrons. The van der Waals surface area contributed by atoms with Gasteiger partial charge in [-0.15, -0.1) is 11.3 Å². The highest BCUT2D eigenvalue weighted by Crippen LogP contribution is 2.42. The Morgan fingerprint density at radius 1 is 1.10 bits per heavy atom. The van der Waals surface area contributed by atoms with E-state index in [4.69, 9.17) is 49.0 Å². The number of hydrogen-bond acceptors (Lipinski definition) is 6. The lowest BCUT2D eigenvalue weighted by molar-refractivity contribution is -0.129. The maximum atomic E-state index is 12.4. The van der Waals surface area contributed by atoms with Crippen LogP contribution in [0, 0.1) is 0 Å². The Hall–Kier alpha value is -2.25. The van der Waals surface area contributed by atoms with E-state index in [1.54, 1.807) is 43.5 Å². The van der Waals surface area contributed by atoms with Gasteiger partial charge in [-0.2, -0.15) is 0 Å². The number of benzene rings is 2. The fourth-order valence-corrected chi connectivity index (χ4v) is 5.14. The number of hydrogen-bond donors (Lipinski definition) is 0. The summed E-state index contributed by atoms with van der Waals surface area (Å²) >= 11 is 20.1. The topological polar surface area (TPSA) is 57.1 Å². The quantitative estimate of drug-likeness (QED) is 0.337. The summed E-state index contributed by atoms with van der Waals surface area (Å²) in [7, 11) is 3.09. The number of methoxy groups -OCH3 is 2. The van der Waals surface area contributed by atoms with Crippen molar-refractivity contribution in [2.75, 3.05) is 14.2 Å². The second-order valence-corrected chi connectivity index (χ2v) is 8.22. The van der Waals surface area contributed by atoms with Crippen LogP contribution in [0.15, 0.2) is 41.0 Å². The minimum Gasteiger partial charge on any atom is -0.497 e. The van der Waals surface area contributed by atoms with Crippen molar-refractivity contribution in [3.05, 3.63) is 61.5 Å². The highest BCUT2D eigenvalue weighted by molar-refractivity contribution is 7.21. The van der Waals surface area contributed by atoms with Crippen LogP contribution in [-0.2, 0) is 9.53 Å². The summed E-state index contributed by atoms with van der Waals surface area (Å²) in [5.74, 6) is 0.701. The third-order valence-corrected chi connectivity index (χ3v) is 6.33. The predicted octanol–water partition coefficient (Wildman–Crippen LogP) is 6.22. The first-order chi connectivity index (χ1) is 13.9. The molecule has 0 bridgehead atoms. The van der Waals surface area contributed by atoms with Crippen LogP contribution in [0.5, 0.6) is 11.5 Å². The summed E-state index contributed by atoms with van der Waals surface area (Å²) in [6, 6.07) is 8.59. The van der Waals surface area contributed by atoms with Gasteiger partial charge >= 0.3 is 5.97 Å². The molecule has 0 spiro atoms. The number of carbonyl (C=O) groups is 1. The number of thiophene rings is 1. The zero-order valence-corrected chi connectivity index (χ0v) is 18.2. The van der Waals surface area contributed by atoms with Gasteiger partial charge in [-0.1, -0.05) is 34.8 Å². The Bertz CT molecular complexity index is 1220. The smallest absolute Gasteiger partial charge is 0.363 e. The predicted molar refractivity (Wildman–Crippen MR) is 117 cm³/mol. The molecule has 0 atom stereocenters. The molecule has 1 aromatic heterocycles. The molecular formula is C20H12Cl3NO4S. The molecular weight excluding hydrogens is 457 g/mol. The Kier molecular flexibility index (Phi) is 5.44. The fourth-order valence-electron chi connectivity index (χ4n) is 2.84. The average molecular weight is 469 g/mol. The lowest BCUT2D eigenvalue weighted by atomic mass is 10.1. The van der Waals surface area contributed by atoms with Gasteiger partial charge in [-0.25, -0.2) is 9.79 Å². The summed E-state index contributed by atoms with van der Waals surface area (Å²) in [6.45, 7) is 0. The highest BCUT2D eigenvalue weighted by Gasteiger charge is 2.29. The Balaban J connectivity index is 1.77. The highest BCUT2D eigenvalue weighted by atomic mass is 35.5. The van der Waals surface area contributed by atoms with Crippen molar-refractivity contribution in [2.24, 2.45) is 4.99 Å². The van der Waals surface area contributed by atoms with Crippen molar-refractivity contribution in [3.63, 3.8) is 0 Å². The lowest BCUT2D eigenvalue weighted by Gasteiger charge is -2.07. The normalized spacial score (nSPS) is 15.0. The fraction of sp³-hybridized carbons (Fsp3) is 0.100. The molecule has 9 heteroatoms. The molecule has 0 saturated carbocycles. The van der Waals surface area contributed by atoms with Crippen molar-refractivity contribution < 1.29 is 19.0 Å². The molecule has 1 aliphatic heterocycles. The largest absolute Gasteiger partial charge is 0.497 e. The Morgan fingerprint density at radius 3 is 2.62 bits per heavy atom. The molecule has 0 radical (unpaired) electrons. The lowest BCUT2D eigenvalue weighted by Crippen LogP contribution is -2.04. The Morgan fingerprint density at radius 2 is 1.90 bits per heavy atom. The van der Waals surface area contributed by atoms with Crippen molar-refractivity contribution in [1.82, 2.24) is 0 Å². The number of rotatable bonds is 4. The molecule has 0 fully saturated rings. The molecule has 3 aromatic rings. The van der Waals surface area contributed by atoms with Crippen molar-refractivity contribution in [2.45, 2.75) is 0 Å². The van der Waals surface area contributed by atoms with Gasteiger partial charge in [0.25, 0.3) is 0 Å². The monoisotopic (exact) mass is 467 g/mol. The second kappa shape index (κ2) is 7.88. The number of esters is 1. The third kappa shape index (κ3) is 3.69. The van der Waals surface area contributed by atoms with Crippen LogP contribution in [0.4, 0.5) is 0 Å². The van der Waals surface area contributed by atoms with Gasteiger partial charge in [0.15, 0.2) is 5.70 Å². The molecule has 2 heterocycles. The number of carbonyl (C=O) groups excluding carboxylic acids is 1. The van der Waals surface area contributed by atoms with E-state index in [-0.39, 0.29) is 11.6 Å². The van der Waals surface area contributed by atoms with Gasteiger partial charge in [-0.05, 0) is 30.3 Å². The first-order valence-corrected chi connectivity index (χ1v) is 10.2. The summed E-state index contributed by atoms with van der Waals surface area (Å²) in [6.07, 6.45) is 1.58. The van der Waals surface area contributed by atoms with Crippen LogP contribution in [0.3, 0.4) is 0 Å². The molecule has 0 saturated heterocycles. The molecule has 1 aliphatic rings. The van der Waals surface area contributed by atoms with Gasteiger partial charge in [0.2, 0.25) is 5.90 Å². The third-order valence-electron chi connectivity index (χ3n) is 4.20. The maximum absolute atomic E-state index is 12.4. The maximum Gasteiger partial charge on any atom is 0.363 e. The van der Waals surface area contributed by atoms with E-state index in [0.29, 0.717) is 42.4 Å². The van der Waals surface area contributed by atoms with E-state index in [0.717, 1.165) is 4.70 Å². The zero-order valence-electron chi connectivity index (χ0n) is 15.1. The molecule has 0 unspecified atom stereocenters. The summed E-state index contributed by atoms with van der Waals surface area (Å²) in [5, 5.41) is 1.92. The van der Waals surface area contributed by atoms with Gasteiger partial charge in [0, 0.05) is 26.7 Å². The van der Waals surface area contributed by atoms with Crippen LogP contribution in [-0.4, -0.2) is 26.1 Å². The van der Waals surface area contributed by atoms with Gasteiger partial charge < -0.3 is 14.2 Å². The number of nitrogens with zero attached hydrogens (tertiary/aromatic N) is 1. The van der Waals surface area contributed by atoms with E-state index in [1.165, 1.54) is 18.4 Å². The van der Waals surface area contributed by atoms with Gasteiger partial charge in [0.05, 0.1) is 24.3 Å². The molecule has 0 amide bonds. The van der Waals surface area contributed by atoms with Crippen molar-refractivity contribution in [1.29, 1.82) is 0 Å². The minimum atomic E-state index is -0.587. The first kappa shape index (κ1) is 20.0. The van der Waals surface area contributed by atoms with E-state index in [2.05, 4.69) is 4.99 Å². The van der Waals surface area contributed by atoms with Crippen LogP contribution in [0.25, 0.3) is 16.2 Å². The number of aliphatic imine (C=N–C) groups is 1. The van der Waals surface area contributed by atoms with E-state index >= 15 is 0 Å². The van der Waals surface area contributed by atoms with Crippen molar-refractivity contribution in [3.8, 4) is 11.5 Å². The molecule has 2 aromatic carbocycles. The molecule has 29 heavy (non-hydrogen) atoms. The first-order valence-electron chi connectivity index (χ1n) is 8.23. The van der Waals surface area contributed by atoms with Crippen molar-refractivity contribution >= 4 is 74.2 Å². The number of cyclic esters (lactones) is 1. The molecule has 0 N–H and O–H groups in total. The van der Waals surface area contributed by atoms with E-state index < -0.39 is 5.97 Å². The zero-order chi connectivity index (χ0) is 20.7. The molecule has 0 aliphatic carbocycles. The second-order valence-electron chi connectivity index (χ2n) is 5.95. The SMILES string of the molecule is COc1ccc(/C=C2\N=C(c3sc4cc(Cl)cc(Cl)c4c3Cl)OC2=O)c(OC)c1. The van der Waals surface area contributed by atoms with Crippen LogP contribution < -0.4 is 9.47 Å². The molecule has 4 rings (SSSR count). The number of ether oxygens (including phenoxy) is 3. The summed E-state index contributed by atoms with van der Waals surface area (Å²) in [5.41, 5.74) is 0.781. The summed E-state index contributed by atoms with van der Waals surface area (Å²) in [4.78, 5) is 17.2. The average Bonchev–Trinajstić information content (AvgIpc) is 3.21. The van der Waals surface area contributed by atoms with Crippen LogP contribution in [0.2, 0.25) is 15.1 Å². The minimum absolute atomic E-state index is 0.118. The van der Waals surface area contributed by atoms with Crippen LogP contribution in [0.1, 0.15) is 10.4 Å². The van der Waals surface area contributed by atoms with Gasteiger partial charge in [-0.3, -0.25) is 0 Å². The van der Waals surface area contributed by atoms with E-state index in [9.17, 15) is 4.79 Å². The standard InChI is InChI=1S/C20H12Cl3NO4S/c1-26-11-4-3-9(14(8-11)27-2)5-13-20(25)28-19(24-13)18-17(23)16-12(22)6-10(21)7-15(16)29-18/h3-8H,1-2H3/b13-5-. The molecule has 5 nitrogen and oxygen atoms in total. The van der Waals surface area contributed by atoms with Gasteiger partial charge in [0.1, 0.15) is 16.4 Å². The van der Waals surface area contributed by atoms with E-state index in [1.807, 2.05) is 0 Å². The summed E-state index contributed by atoms with van der Waals surface area (Å²) < 4.78 is 16.7. The van der Waals surface area contributed by atoms with Crippen LogP contribution >= 0.6 is 46.1 Å². The number of halogens is 3. The number of fused-ring (bicyclic) bond motifs is 1. The Labute approximate surface area is 185 Å².